The molecule has 3 amide bonds. The highest BCUT2D eigenvalue weighted by atomic mass is 16.5. The van der Waals surface area contributed by atoms with Crippen LogP contribution >= 0.6 is 0 Å². The van der Waals surface area contributed by atoms with Gasteiger partial charge in [0, 0.05) is 28.7 Å². The van der Waals surface area contributed by atoms with E-state index in [1.54, 1.807) is 31.2 Å². The summed E-state index contributed by atoms with van der Waals surface area (Å²) in [7, 11) is 0. The largest absolute Gasteiger partial charge is 0.457 e. The van der Waals surface area contributed by atoms with Crippen molar-refractivity contribution in [2.45, 2.75) is 45.7 Å². The lowest BCUT2D eigenvalue weighted by molar-refractivity contribution is -0.127. The third-order valence-corrected chi connectivity index (χ3v) is 8.22. The van der Waals surface area contributed by atoms with Crippen molar-refractivity contribution in [3.05, 3.63) is 138 Å². The van der Waals surface area contributed by atoms with Gasteiger partial charge in [0.15, 0.2) is 0 Å². The molecule has 0 saturated carbocycles. The maximum Gasteiger partial charge on any atom is 0.254 e. The zero-order chi connectivity index (χ0) is 35.1. The Morgan fingerprint density at radius 2 is 1.49 bits per heavy atom. The normalized spacial score (nSPS) is 11.8. The van der Waals surface area contributed by atoms with Crippen molar-refractivity contribution in [2.75, 3.05) is 11.9 Å². The molecular weight excluding hydrogens is 614 g/mol. The molecule has 250 valence electrons. The van der Waals surface area contributed by atoms with Crippen molar-refractivity contribution in [1.29, 1.82) is 5.41 Å². The van der Waals surface area contributed by atoms with Gasteiger partial charge in [0.2, 0.25) is 11.8 Å². The molecule has 5 aromatic rings. The number of rotatable bonds is 11. The first-order valence-electron chi connectivity index (χ1n) is 16.1. The number of amidine groups is 1. The number of carbonyl (C=O) groups is 3. The number of benzene rings is 5. The van der Waals surface area contributed by atoms with Crippen molar-refractivity contribution in [3.63, 3.8) is 0 Å². The Labute approximate surface area is 286 Å². The van der Waals surface area contributed by atoms with Crippen molar-refractivity contribution in [2.24, 2.45) is 5.73 Å². The first-order valence-corrected chi connectivity index (χ1v) is 16.1. The van der Waals surface area contributed by atoms with Gasteiger partial charge in [-0.3, -0.25) is 19.8 Å². The van der Waals surface area contributed by atoms with Crippen LogP contribution in [0.5, 0.6) is 11.5 Å². The van der Waals surface area contributed by atoms with E-state index in [0.29, 0.717) is 22.7 Å². The van der Waals surface area contributed by atoms with Gasteiger partial charge >= 0.3 is 0 Å². The van der Waals surface area contributed by atoms with Crippen molar-refractivity contribution < 1.29 is 19.1 Å². The summed E-state index contributed by atoms with van der Waals surface area (Å²) in [6.07, 6.45) is 0. The van der Waals surface area contributed by atoms with E-state index in [2.05, 4.69) is 31.4 Å². The molecule has 0 heterocycles. The van der Waals surface area contributed by atoms with Crippen LogP contribution in [0.1, 0.15) is 54.7 Å². The molecule has 5 N–H and O–H groups in total. The first kappa shape index (κ1) is 34.4. The fraction of sp³-hybridized carbons (Fsp3) is 0.200. The maximum absolute atomic E-state index is 14.0. The van der Waals surface area contributed by atoms with Crippen LogP contribution in [0.25, 0.3) is 10.8 Å². The van der Waals surface area contributed by atoms with Crippen molar-refractivity contribution >= 4 is 40.0 Å². The SMILES string of the molecule is C[C@@H](C(=O)NCC(=O)Nc1cccc2ccccc12)N(Cc1cccc(Oc2ccc(C(C)(C)C)cc2)c1)C(=O)c1cccc(C(=N)N)c1. The standard InChI is InChI=1S/C40H41N5O4/c1-26(38(47)43-24-36(46)44-35-17-9-12-28-11-5-6-16-34(28)35)45(39(48)30-14-8-13-29(23-30)37(41)42)25-27-10-7-15-33(22-27)49-32-20-18-31(19-21-32)40(2,3)4/h5-23,26H,24-25H2,1-4H3,(H3,41,42)(H,43,47)(H,44,46)/t26-/m0/s1. The molecule has 0 unspecified atom stereocenters. The Morgan fingerprint density at radius 1 is 0.816 bits per heavy atom. The summed E-state index contributed by atoms with van der Waals surface area (Å²) >= 11 is 0. The average molecular weight is 656 g/mol. The summed E-state index contributed by atoms with van der Waals surface area (Å²) < 4.78 is 6.14. The number of nitrogens with two attached hydrogens (primary N) is 1. The highest BCUT2D eigenvalue weighted by Crippen LogP contribution is 2.28. The predicted molar refractivity (Wildman–Crippen MR) is 194 cm³/mol. The molecular formula is C40H41N5O4. The molecule has 9 heteroatoms. The summed E-state index contributed by atoms with van der Waals surface area (Å²) in [5, 5.41) is 15.3. The molecule has 5 rings (SSSR count). The lowest BCUT2D eigenvalue weighted by atomic mass is 9.87. The summed E-state index contributed by atoms with van der Waals surface area (Å²) in [6.45, 7) is 7.85. The van der Waals surface area contributed by atoms with Crippen LogP contribution in [0.4, 0.5) is 5.69 Å². The number of anilines is 1. The predicted octanol–water partition coefficient (Wildman–Crippen LogP) is 7.00. The number of amides is 3. The van der Waals surface area contributed by atoms with Gasteiger partial charge in [-0.25, -0.2) is 0 Å². The Kier molecular flexibility index (Phi) is 10.4. The van der Waals surface area contributed by atoms with E-state index in [0.717, 1.165) is 16.3 Å². The van der Waals surface area contributed by atoms with Crippen LogP contribution < -0.4 is 21.1 Å². The number of nitrogens with one attached hydrogen (secondary N) is 3. The summed E-state index contributed by atoms with van der Waals surface area (Å²) in [6, 6.07) is 34.0. The fourth-order valence-electron chi connectivity index (χ4n) is 5.42. The minimum atomic E-state index is -0.964. The Bertz CT molecular complexity index is 1990. The third kappa shape index (κ3) is 8.70. The molecule has 5 aromatic carbocycles. The number of nitrogen functional groups attached to an aromatic ring is 1. The average Bonchev–Trinajstić information content (AvgIpc) is 3.09. The van der Waals surface area contributed by atoms with E-state index >= 15 is 0 Å². The second-order valence-electron chi connectivity index (χ2n) is 12.9. The van der Waals surface area contributed by atoms with E-state index in [1.807, 2.05) is 84.9 Å². The molecule has 0 aliphatic heterocycles. The molecule has 9 nitrogen and oxygen atoms in total. The number of ether oxygens (including phenoxy) is 1. The van der Waals surface area contributed by atoms with Crippen LogP contribution in [-0.4, -0.2) is 41.0 Å². The lowest BCUT2D eigenvalue weighted by Gasteiger charge is -2.29. The van der Waals surface area contributed by atoms with Gasteiger partial charge in [-0.1, -0.05) is 93.6 Å². The quantitative estimate of drug-likeness (QED) is 0.0897. The Morgan fingerprint density at radius 3 is 2.22 bits per heavy atom. The van der Waals surface area contributed by atoms with Crippen molar-refractivity contribution in [3.8, 4) is 11.5 Å². The van der Waals surface area contributed by atoms with E-state index in [4.69, 9.17) is 15.9 Å². The fourth-order valence-corrected chi connectivity index (χ4v) is 5.42. The van der Waals surface area contributed by atoms with Crippen LogP contribution in [0.2, 0.25) is 0 Å². The number of fused-ring (bicyclic) bond motifs is 1. The Balaban J connectivity index is 1.33. The van der Waals surface area contributed by atoms with Crippen LogP contribution in [-0.2, 0) is 21.5 Å². The summed E-state index contributed by atoms with van der Waals surface area (Å²) in [4.78, 5) is 41.8. The number of hydrogen-bond acceptors (Lipinski definition) is 5. The molecule has 0 aliphatic carbocycles. The van der Waals surface area contributed by atoms with Crippen LogP contribution in [0.3, 0.4) is 0 Å². The van der Waals surface area contributed by atoms with Gasteiger partial charge in [0.1, 0.15) is 23.4 Å². The van der Waals surface area contributed by atoms with Gasteiger partial charge in [0.25, 0.3) is 5.91 Å². The third-order valence-electron chi connectivity index (χ3n) is 8.22. The monoisotopic (exact) mass is 655 g/mol. The minimum Gasteiger partial charge on any atom is -0.457 e. The molecule has 1 atom stereocenters. The van der Waals surface area contributed by atoms with Gasteiger partial charge in [-0.05, 0) is 71.3 Å². The maximum atomic E-state index is 14.0. The van der Waals surface area contributed by atoms with Gasteiger partial charge in [0.05, 0.1) is 6.54 Å². The van der Waals surface area contributed by atoms with E-state index in [-0.39, 0.29) is 29.9 Å². The molecule has 0 radical (unpaired) electrons. The second-order valence-corrected chi connectivity index (χ2v) is 12.9. The summed E-state index contributed by atoms with van der Waals surface area (Å²) in [5.41, 5.74) is 8.93. The molecule has 0 aliphatic rings. The van der Waals surface area contributed by atoms with Gasteiger partial charge in [-0.15, -0.1) is 0 Å². The topological polar surface area (TPSA) is 138 Å². The molecule has 0 spiro atoms. The molecule has 0 bridgehead atoms. The van der Waals surface area contributed by atoms with Crippen molar-refractivity contribution in [1.82, 2.24) is 10.2 Å². The highest BCUT2D eigenvalue weighted by Gasteiger charge is 2.28. The minimum absolute atomic E-state index is 0.0158. The van der Waals surface area contributed by atoms with E-state index in [9.17, 15) is 14.4 Å². The van der Waals surface area contributed by atoms with Crippen LogP contribution in [0, 0.1) is 5.41 Å². The highest BCUT2D eigenvalue weighted by molar-refractivity contribution is 6.04. The zero-order valence-corrected chi connectivity index (χ0v) is 28.1. The van der Waals surface area contributed by atoms with Crippen LogP contribution in [0.15, 0.2) is 115 Å². The molecule has 0 fully saturated rings. The summed E-state index contributed by atoms with van der Waals surface area (Å²) in [5.74, 6) is -0.262. The smallest absolute Gasteiger partial charge is 0.254 e. The molecule has 0 saturated heterocycles. The van der Waals surface area contributed by atoms with Gasteiger partial charge < -0.3 is 26.0 Å². The zero-order valence-electron chi connectivity index (χ0n) is 28.1. The van der Waals surface area contributed by atoms with E-state index in [1.165, 1.54) is 16.5 Å². The lowest BCUT2D eigenvalue weighted by Crippen LogP contribution is -2.49. The Hall–Kier alpha value is -5.96. The number of hydrogen-bond donors (Lipinski definition) is 4. The van der Waals surface area contributed by atoms with Gasteiger partial charge in [-0.2, -0.15) is 0 Å². The first-order chi connectivity index (χ1) is 23.4. The van der Waals surface area contributed by atoms with E-state index < -0.39 is 23.8 Å². The number of nitrogens with zero attached hydrogens (tertiary/aromatic N) is 1. The second kappa shape index (κ2) is 14.9. The number of carbonyl (C=O) groups excluding carboxylic acids is 3. The molecule has 49 heavy (non-hydrogen) atoms. The molecule has 0 aromatic heterocycles.